The minimum absolute atomic E-state index is 0.0971. The molecule has 10 heteroatoms. The molecule has 37 heavy (non-hydrogen) atoms. The van der Waals surface area contributed by atoms with Crippen LogP contribution >= 0.6 is 0 Å². The van der Waals surface area contributed by atoms with Gasteiger partial charge in [0.1, 0.15) is 11.5 Å². The smallest absolute Gasteiger partial charge is 0.190 e. The van der Waals surface area contributed by atoms with Crippen LogP contribution in [0, 0.1) is 0 Å². The van der Waals surface area contributed by atoms with Gasteiger partial charge >= 0.3 is 0 Å². The van der Waals surface area contributed by atoms with Crippen molar-refractivity contribution in [3.8, 4) is 11.3 Å². The van der Waals surface area contributed by atoms with Gasteiger partial charge in [0.2, 0.25) is 0 Å². The molecule has 5 heterocycles. The number of likely N-dealkylation sites (tertiary alicyclic amines) is 1. The lowest BCUT2D eigenvalue weighted by Crippen LogP contribution is -2.39. The van der Waals surface area contributed by atoms with Crippen LogP contribution in [0.5, 0.6) is 0 Å². The number of nitrogens with zero attached hydrogens (tertiary/aromatic N) is 8. The van der Waals surface area contributed by atoms with Crippen LogP contribution in [0.15, 0.2) is 43.1 Å². The monoisotopic (exact) mass is 499 g/mol. The van der Waals surface area contributed by atoms with Crippen molar-refractivity contribution >= 4 is 22.5 Å². The summed E-state index contributed by atoms with van der Waals surface area (Å²) in [6.07, 6.45) is 10.8. The number of pyridine rings is 2. The lowest BCUT2D eigenvalue weighted by molar-refractivity contribution is 0.0987. The van der Waals surface area contributed by atoms with Gasteiger partial charge in [-0.25, -0.2) is 9.67 Å². The van der Waals surface area contributed by atoms with E-state index in [4.69, 9.17) is 0 Å². The number of carbonyl (C=O) groups is 1. The van der Waals surface area contributed by atoms with Crippen LogP contribution in [0.1, 0.15) is 62.8 Å². The molecule has 0 radical (unpaired) electrons. The van der Waals surface area contributed by atoms with Crippen LogP contribution in [0.4, 0.5) is 5.82 Å². The first-order chi connectivity index (χ1) is 17.9. The molecule has 0 amide bonds. The minimum Gasteiger partial charge on any atom is -0.367 e. The van der Waals surface area contributed by atoms with E-state index < -0.39 is 0 Å². The number of Topliss-reactive ketones (excluding diaryl/α,β-unsaturated/α-hetero) is 1. The highest BCUT2D eigenvalue weighted by atomic mass is 16.1. The molecule has 0 saturated carbocycles. The third-order valence-corrected chi connectivity index (χ3v) is 6.73. The molecular formula is C27H33N9O. The quantitative estimate of drug-likeness (QED) is 0.360. The summed E-state index contributed by atoms with van der Waals surface area (Å²) in [5, 5.41) is 12.6. The van der Waals surface area contributed by atoms with Crippen molar-refractivity contribution in [3.63, 3.8) is 0 Å². The zero-order chi connectivity index (χ0) is 25.9. The highest BCUT2D eigenvalue weighted by Gasteiger charge is 2.24. The Morgan fingerprint density at radius 3 is 2.62 bits per heavy atom. The Morgan fingerprint density at radius 2 is 1.86 bits per heavy atom. The Labute approximate surface area is 216 Å². The second-order valence-electron chi connectivity index (χ2n) is 10.2. The van der Waals surface area contributed by atoms with Gasteiger partial charge in [0.15, 0.2) is 5.78 Å². The summed E-state index contributed by atoms with van der Waals surface area (Å²) < 4.78 is 1.86. The number of carbonyl (C=O) groups excluding carboxylic acids is 1. The van der Waals surface area contributed by atoms with Crippen LogP contribution in [-0.2, 0) is 6.42 Å². The van der Waals surface area contributed by atoms with E-state index in [9.17, 15) is 4.79 Å². The number of nitrogens with one attached hydrogen (secondary N) is 1. The summed E-state index contributed by atoms with van der Waals surface area (Å²) in [5.74, 6) is 0.618. The van der Waals surface area contributed by atoms with Gasteiger partial charge in [-0.15, -0.1) is 5.10 Å². The van der Waals surface area contributed by atoms with Crippen molar-refractivity contribution < 1.29 is 4.79 Å². The normalized spacial score (nSPS) is 15.1. The predicted molar refractivity (Wildman–Crippen MR) is 142 cm³/mol. The molecule has 10 nitrogen and oxygen atoms in total. The fraction of sp³-hybridized carbons (Fsp3) is 0.444. The molecule has 1 aliphatic rings. The number of anilines is 1. The second-order valence-corrected chi connectivity index (χ2v) is 10.2. The van der Waals surface area contributed by atoms with Gasteiger partial charge in [0, 0.05) is 48.0 Å². The van der Waals surface area contributed by atoms with Crippen molar-refractivity contribution in [2.24, 2.45) is 0 Å². The summed E-state index contributed by atoms with van der Waals surface area (Å²) in [6, 6.07) is 4.99. The number of piperidine rings is 1. The molecule has 0 aromatic carbocycles. The second kappa shape index (κ2) is 10.7. The van der Waals surface area contributed by atoms with Crippen LogP contribution in [0.2, 0.25) is 0 Å². The lowest BCUT2D eigenvalue weighted by atomic mass is 10.0. The molecule has 4 aromatic rings. The van der Waals surface area contributed by atoms with Crippen LogP contribution in [0.3, 0.4) is 0 Å². The topological polar surface area (TPSA) is 115 Å². The maximum Gasteiger partial charge on any atom is 0.190 e. The van der Waals surface area contributed by atoms with Gasteiger partial charge in [0.05, 0.1) is 48.5 Å². The minimum atomic E-state index is -0.0971. The Balaban J connectivity index is 1.29. The first kappa shape index (κ1) is 24.9. The summed E-state index contributed by atoms with van der Waals surface area (Å²) in [7, 11) is 0. The Hall–Kier alpha value is -3.79. The molecule has 192 valence electrons. The molecular weight excluding hydrogens is 466 g/mol. The van der Waals surface area contributed by atoms with E-state index in [1.54, 1.807) is 31.0 Å². The molecule has 0 aliphatic carbocycles. The highest BCUT2D eigenvalue weighted by Crippen LogP contribution is 2.24. The molecule has 1 N–H and O–H groups in total. The molecule has 0 atom stereocenters. The number of ketones is 1. The van der Waals surface area contributed by atoms with Crippen molar-refractivity contribution in [3.05, 3.63) is 54.5 Å². The third kappa shape index (κ3) is 5.80. The van der Waals surface area contributed by atoms with Crippen molar-refractivity contribution in [1.82, 2.24) is 39.8 Å². The number of rotatable bonds is 8. The number of fused-ring (bicyclic) bond motifs is 1. The average Bonchev–Trinajstić information content (AvgIpc) is 3.39. The maximum absolute atomic E-state index is 13.0. The molecule has 0 unspecified atom stereocenters. The number of hydrogen-bond acceptors (Lipinski definition) is 9. The number of hydrogen-bond donors (Lipinski definition) is 1. The van der Waals surface area contributed by atoms with E-state index >= 15 is 0 Å². The SMILES string of the molecule is CC(C)Nc1cncc(-c2cnc3cnc(CC(=O)c4cn(C5CCN(C(C)C)CC5)nn4)cc3c2)n1. The molecule has 5 rings (SSSR count). The Morgan fingerprint density at radius 1 is 1.05 bits per heavy atom. The van der Waals surface area contributed by atoms with Gasteiger partial charge in [0.25, 0.3) is 0 Å². The Bertz CT molecular complexity index is 1390. The van der Waals surface area contributed by atoms with Gasteiger partial charge in [-0.1, -0.05) is 5.21 Å². The van der Waals surface area contributed by atoms with Crippen molar-refractivity contribution in [2.45, 2.75) is 65.1 Å². The van der Waals surface area contributed by atoms with E-state index in [1.165, 1.54) is 0 Å². The lowest BCUT2D eigenvalue weighted by Gasteiger charge is -2.34. The van der Waals surface area contributed by atoms with E-state index in [2.05, 4.69) is 68.2 Å². The summed E-state index contributed by atoms with van der Waals surface area (Å²) >= 11 is 0. The van der Waals surface area contributed by atoms with Crippen LogP contribution in [0.25, 0.3) is 22.2 Å². The molecule has 0 bridgehead atoms. The number of aromatic nitrogens is 7. The summed E-state index contributed by atoms with van der Waals surface area (Å²) in [6.45, 7) is 10.6. The zero-order valence-corrected chi connectivity index (χ0v) is 21.8. The molecule has 0 spiro atoms. The van der Waals surface area contributed by atoms with Crippen molar-refractivity contribution in [2.75, 3.05) is 18.4 Å². The van der Waals surface area contributed by atoms with Gasteiger partial charge in [-0.3, -0.25) is 19.7 Å². The molecule has 1 aliphatic heterocycles. The fourth-order valence-corrected chi connectivity index (χ4v) is 4.69. The first-order valence-corrected chi connectivity index (χ1v) is 12.9. The molecule has 4 aromatic heterocycles. The zero-order valence-electron chi connectivity index (χ0n) is 21.8. The standard InChI is InChI=1S/C27H33N9O/c1-17(2)31-27-15-28-13-24(32-27)20-9-19-10-21(29-14-23(19)30-12-20)11-26(37)25-16-36(34-33-25)22-5-7-35(8-6-22)18(3)4/h9-10,12-18,22H,5-8,11H2,1-4H3,(H,31,32). The molecule has 1 fully saturated rings. The highest BCUT2D eigenvalue weighted by molar-refractivity contribution is 5.95. The first-order valence-electron chi connectivity index (χ1n) is 12.9. The van der Waals surface area contributed by atoms with E-state index in [0.717, 1.165) is 48.1 Å². The van der Waals surface area contributed by atoms with Crippen molar-refractivity contribution in [1.29, 1.82) is 0 Å². The maximum atomic E-state index is 13.0. The van der Waals surface area contributed by atoms with Gasteiger partial charge in [-0.2, -0.15) is 0 Å². The third-order valence-electron chi connectivity index (χ3n) is 6.73. The predicted octanol–water partition coefficient (Wildman–Crippen LogP) is 3.97. The van der Waals surface area contributed by atoms with E-state index in [-0.39, 0.29) is 24.3 Å². The van der Waals surface area contributed by atoms with Crippen LogP contribution < -0.4 is 5.32 Å². The summed E-state index contributed by atoms with van der Waals surface area (Å²) in [5.41, 5.74) is 3.37. The fourth-order valence-electron chi connectivity index (χ4n) is 4.69. The van der Waals surface area contributed by atoms with Gasteiger partial charge < -0.3 is 10.2 Å². The van der Waals surface area contributed by atoms with E-state index in [1.807, 2.05) is 16.8 Å². The van der Waals surface area contributed by atoms with Crippen LogP contribution in [-0.4, -0.2) is 70.8 Å². The summed E-state index contributed by atoms with van der Waals surface area (Å²) in [4.78, 5) is 33.4. The van der Waals surface area contributed by atoms with E-state index in [0.29, 0.717) is 23.2 Å². The average molecular weight is 500 g/mol. The molecule has 1 saturated heterocycles. The largest absolute Gasteiger partial charge is 0.367 e. The Kier molecular flexibility index (Phi) is 7.18. The van der Waals surface area contributed by atoms with Gasteiger partial charge in [-0.05, 0) is 52.7 Å².